The molecule has 2 aromatic rings. The van der Waals surface area contributed by atoms with Crippen LogP contribution in [0.15, 0.2) is 72.3 Å². The highest BCUT2D eigenvalue weighted by atomic mass is 19.4. The molecular weight excluding hydrogens is 573 g/mol. The third-order valence-corrected chi connectivity index (χ3v) is 7.14. The zero-order valence-electron chi connectivity index (χ0n) is 23.4. The molecule has 43 heavy (non-hydrogen) atoms. The van der Waals surface area contributed by atoms with Gasteiger partial charge in [0.2, 0.25) is 11.8 Å². The van der Waals surface area contributed by atoms with Crippen molar-refractivity contribution in [1.29, 1.82) is 0 Å². The van der Waals surface area contributed by atoms with E-state index in [4.69, 9.17) is 4.74 Å². The van der Waals surface area contributed by atoms with Crippen molar-refractivity contribution in [2.75, 3.05) is 31.2 Å². The molecule has 12 heteroatoms. The van der Waals surface area contributed by atoms with Crippen LogP contribution in [0.25, 0.3) is 11.1 Å². The summed E-state index contributed by atoms with van der Waals surface area (Å²) in [6.45, 7) is 1.85. The SMILES string of the molecule is CC1C=C(COCCN2C(=O)[C@@H](NC(=O)CC(=O)NCCC(F)(F)C(F)(F)F)c3ccccc3-c3ccccc32)C=CC1.[HH].[HH]. The predicted octanol–water partition coefficient (Wildman–Crippen LogP) is 5.98. The number of para-hydroxylation sites is 1. The fourth-order valence-electron chi connectivity index (χ4n) is 4.99. The van der Waals surface area contributed by atoms with E-state index in [9.17, 15) is 36.3 Å². The molecule has 0 spiro atoms. The van der Waals surface area contributed by atoms with E-state index in [1.54, 1.807) is 36.4 Å². The number of amides is 3. The van der Waals surface area contributed by atoms with Crippen LogP contribution in [0.4, 0.5) is 27.6 Å². The molecule has 1 aliphatic heterocycles. The van der Waals surface area contributed by atoms with Crippen LogP contribution in [-0.4, -0.2) is 56.1 Å². The minimum Gasteiger partial charge on any atom is -0.375 e. The summed E-state index contributed by atoms with van der Waals surface area (Å²) in [6, 6.07) is 13.0. The molecule has 7 nitrogen and oxygen atoms in total. The topological polar surface area (TPSA) is 87.7 Å². The Hall–Kier alpha value is -4.06. The van der Waals surface area contributed by atoms with Crippen LogP contribution >= 0.6 is 0 Å². The summed E-state index contributed by atoms with van der Waals surface area (Å²) in [5.41, 5.74) is 3.56. The molecule has 1 aliphatic carbocycles. The van der Waals surface area contributed by atoms with Crippen LogP contribution in [0.2, 0.25) is 0 Å². The van der Waals surface area contributed by atoms with Gasteiger partial charge in [-0.3, -0.25) is 14.4 Å². The zero-order chi connectivity index (χ0) is 31.2. The first kappa shape index (κ1) is 31.9. The number of halogens is 5. The van der Waals surface area contributed by atoms with Gasteiger partial charge in [0.1, 0.15) is 12.5 Å². The molecule has 2 N–H and O–H groups in total. The number of fused-ring (bicyclic) bond motifs is 3. The van der Waals surface area contributed by atoms with Gasteiger partial charge in [0.25, 0.3) is 5.91 Å². The third-order valence-electron chi connectivity index (χ3n) is 7.14. The van der Waals surface area contributed by atoms with Crippen molar-refractivity contribution in [3.05, 3.63) is 77.9 Å². The molecule has 2 aromatic carbocycles. The normalized spacial score (nSPS) is 18.3. The van der Waals surface area contributed by atoms with Crippen LogP contribution < -0.4 is 15.5 Å². The maximum Gasteiger partial charge on any atom is 0.453 e. The first-order valence-electron chi connectivity index (χ1n) is 13.8. The lowest BCUT2D eigenvalue weighted by Crippen LogP contribution is -2.45. The number of rotatable bonds is 11. The van der Waals surface area contributed by atoms with Crippen LogP contribution in [-0.2, 0) is 19.1 Å². The molecule has 0 fully saturated rings. The van der Waals surface area contributed by atoms with Gasteiger partial charge in [0.05, 0.1) is 18.9 Å². The Labute approximate surface area is 248 Å². The van der Waals surface area contributed by atoms with Crippen molar-refractivity contribution in [1.82, 2.24) is 10.6 Å². The van der Waals surface area contributed by atoms with Crippen LogP contribution in [0.1, 0.15) is 40.6 Å². The van der Waals surface area contributed by atoms with E-state index in [0.717, 1.165) is 17.6 Å². The quantitative estimate of drug-likeness (QED) is 0.186. The number of alkyl halides is 5. The van der Waals surface area contributed by atoms with Gasteiger partial charge in [0, 0.05) is 27.9 Å². The van der Waals surface area contributed by atoms with E-state index in [2.05, 4.69) is 24.4 Å². The zero-order valence-corrected chi connectivity index (χ0v) is 23.4. The van der Waals surface area contributed by atoms with Gasteiger partial charge in [-0.05, 0) is 35.1 Å². The average Bonchev–Trinajstić information content (AvgIpc) is 3.04. The summed E-state index contributed by atoms with van der Waals surface area (Å²) >= 11 is 0. The number of benzene rings is 2. The second kappa shape index (κ2) is 13.5. The standard InChI is InChI=1S/C31H32F5N3O4.2H2/c1-20-7-6-8-21(17-20)19-43-16-15-39-25-12-5-4-10-23(25)22-9-2-3-11-24(22)28(29(39)42)38-27(41)18-26(40)37-14-13-30(32,33)31(34,35)36;;/h2-6,8-12,17,20,28H,7,13-16,18-19H2,1H3,(H,37,40)(H,38,41);2*1H/t20?,28-;;/m0../s1. The number of hydrogen-bond donors (Lipinski definition) is 2. The maximum absolute atomic E-state index is 14.0. The molecule has 0 aromatic heterocycles. The molecule has 4 rings (SSSR count). The van der Waals surface area contributed by atoms with Crippen molar-refractivity contribution in [3.8, 4) is 11.1 Å². The lowest BCUT2D eigenvalue weighted by Gasteiger charge is -2.27. The Kier molecular flexibility index (Phi) is 10.0. The smallest absolute Gasteiger partial charge is 0.375 e. The van der Waals surface area contributed by atoms with Gasteiger partial charge in [-0.15, -0.1) is 0 Å². The summed E-state index contributed by atoms with van der Waals surface area (Å²) in [7, 11) is 0. The Morgan fingerprint density at radius 3 is 2.44 bits per heavy atom. The van der Waals surface area contributed by atoms with Gasteiger partial charge in [0.15, 0.2) is 0 Å². The van der Waals surface area contributed by atoms with Crippen LogP contribution in [0.3, 0.4) is 0 Å². The number of anilines is 1. The monoisotopic (exact) mass is 609 g/mol. The van der Waals surface area contributed by atoms with E-state index >= 15 is 0 Å². The molecule has 2 aliphatic rings. The molecule has 1 heterocycles. The second-order valence-electron chi connectivity index (χ2n) is 10.5. The first-order valence-corrected chi connectivity index (χ1v) is 13.8. The Morgan fingerprint density at radius 2 is 1.72 bits per heavy atom. The summed E-state index contributed by atoms with van der Waals surface area (Å²) in [4.78, 5) is 40.5. The van der Waals surface area contributed by atoms with Crippen molar-refractivity contribution in [2.45, 2.75) is 44.3 Å². The fraction of sp³-hybridized carbons (Fsp3) is 0.387. The lowest BCUT2D eigenvalue weighted by atomic mass is 9.95. The first-order chi connectivity index (χ1) is 20.4. The highest BCUT2D eigenvalue weighted by Crippen LogP contribution is 2.40. The van der Waals surface area contributed by atoms with E-state index in [0.29, 0.717) is 29.3 Å². The van der Waals surface area contributed by atoms with E-state index in [1.165, 1.54) is 4.90 Å². The van der Waals surface area contributed by atoms with Gasteiger partial charge in [-0.25, -0.2) is 0 Å². The van der Waals surface area contributed by atoms with Gasteiger partial charge >= 0.3 is 12.1 Å². The predicted molar refractivity (Wildman–Crippen MR) is 154 cm³/mol. The van der Waals surface area contributed by atoms with Crippen LogP contribution in [0.5, 0.6) is 0 Å². The molecule has 0 saturated carbocycles. The minimum atomic E-state index is -5.75. The van der Waals surface area contributed by atoms with Crippen LogP contribution in [0, 0.1) is 5.92 Å². The van der Waals surface area contributed by atoms with E-state index < -0.39 is 55.2 Å². The largest absolute Gasteiger partial charge is 0.453 e. The minimum absolute atomic E-state index is 0. The van der Waals surface area contributed by atoms with E-state index in [-0.39, 0.29) is 16.0 Å². The van der Waals surface area contributed by atoms with Crippen molar-refractivity contribution < 1.29 is 43.9 Å². The Bertz CT molecular complexity index is 1420. The molecular formula is C31H36F5N3O4. The number of nitrogens with zero attached hydrogens (tertiary/aromatic N) is 1. The van der Waals surface area contributed by atoms with Crippen molar-refractivity contribution in [2.24, 2.45) is 5.92 Å². The summed E-state index contributed by atoms with van der Waals surface area (Å²) in [6.07, 6.45) is -1.11. The number of allylic oxidation sites excluding steroid dienone is 2. The number of carbonyl (C=O) groups is 3. The van der Waals surface area contributed by atoms with Gasteiger partial charge < -0.3 is 20.3 Å². The Balaban J connectivity index is 0.00000353. The molecule has 234 valence electrons. The lowest BCUT2D eigenvalue weighted by molar-refractivity contribution is -0.283. The molecule has 1 unspecified atom stereocenters. The summed E-state index contributed by atoms with van der Waals surface area (Å²) in [5, 5.41) is 4.47. The van der Waals surface area contributed by atoms with E-state index in [1.807, 2.05) is 23.5 Å². The summed E-state index contributed by atoms with van der Waals surface area (Å²) in [5.74, 6) is -7.01. The average molecular weight is 610 g/mol. The Morgan fingerprint density at radius 1 is 1.02 bits per heavy atom. The number of carbonyl (C=O) groups excluding carboxylic acids is 3. The highest BCUT2D eigenvalue weighted by Gasteiger charge is 2.56. The number of ether oxygens (including phenoxy) is 1. The number of nitrogens with one attached hydrogen (secondary N) is 2. The maximum atomic E-state index is 14.0. The van der Waals surface area contributed by atoms with Crippen molar-refractivity contribution >= 4 is 23.4 Å². The van der Waals surface area contributed by atoms with Crippen molar-refractivity contribution in [3.63, 3.8) is 0 Å². The van der Waals surface area contributed by atoms with Gasteiger partial charge in [-0.2, -0.15) is 22.0 Å². The molecule has 0 bridgehead atoms. The summed E-state index contributed by atoms with van der Waals surface area (Å²) < 4.78 is 69.3. The molecule has 0 saturated heterocycles. The number of hydrogen-bond acceptors (Lipinski definition) is 4. The van der Waals surface area contributed by atoms with Gasteiger partial charge in [-0.1, -0.05) is 67.6 Å². The second-order valence-corrected chi connectivity index (χ2v) is 10.5. The fourth-order valence-corrected chi connectivity index (χ4v) is 4.99. The molecule has 2 atom stereocenters. The molecule has 0 radical (unpaired) electrons. The highest BCUT2D eigenvalue weighted by molar-refractivity contribution is 6.07. The third kappa shape index (κ3) is 7.86. The molecule has 3 amide bonds.